The third kappa shape index (κ3) is 4.09. The number of pyridine rings is 1. The molecule has 6 heteroatoms. The van der Waals surface area contributed by atoms with Crippen LogP contribution in [0, 0.1) is 0 Å². The van der Waals surface area contributed by atoms with Crippen LogP contribution in [0.3, 0.4) is 0 Å². The zero-order chi connectivity index (χ0) is 16.2. The Balaban J connectivity index is 1.50. The first-order valence-corrected chi connectivity index (χ1v) is 8.73. The fourth-order valence-corrected chi connectivity index (χ4v) is 3.51. The summed E-state index contributed by atoms with van der Waals surface area (Å²) in [5.74, 6) is 0.213. The molecule has 0 spiro atoms. The topological polar surface area (TPSA) is 45.5 Å². The van der Waals surface area contributed by atoms with Gasteiger partial charge in [-0.05, 0) is 28.0 Å². The van der Waals surface area contributed by atoms with Gasteiger partial charge in [0.15, 0.2) is 0 Å². The molecule has 0 atom stereocenters. The van der Waals surface area contributed by atoms with E-state index in [0.29, 0.717) is 6.42 Å². The van der Waals surface area contributed by atoms with Gasteiger partial charge in [-0.1, -0.05) is 6.07 Å². The molecule has 3 heterocycles. The van der Waals surface area contributed by atoms with Gasteiger partial charge in [0.2, 0.25) is 11.5 Å². The first-order valence-electron chi connectivity index (χ1n) is 7.78. The van der Waals surface area contributed by atoms with Crippen molar-refractivity contribution in [2.24, 2.45) is 7.05 Å². The van der Waals surface area contributed by atoms with E-state index in [2.05, 4.69) is 4.90 Å². The van der Waals surface area contributed by atoms with Gasteiger partial charge in [0.1, 0.15) is 0 Å². The molecular formula is C17H21N3O2S. The highest BCUT2D eigenvalue weighted by atomic mass is 32.1. The summed E-state index contributed by atoms with van der Waals surface area (Å²) in [5, 5.41) is 4.04. The minimum absolute atomic E-state index is 0.0117. The SMILES string of the molecule is Cn1cc(CN2CCN(C(=O)Cc3ccsc3)CC2)ccc1=O. The number of rotatable bonds is 4. The number of hydrogen-bond acceptors (Lipinski definition) is 4. The number of piperazine rings is 1. The van der Waals surface area contributed by atoms with Crippen LogP contribution in [0.2, 0.25) is 0 Å². The molecule has 1 amide bonds. The summed E-state index contributed by atoms with van der Waals surface area (Å²) in [6, 6.07) is 5.50. The van der Waals surface area contributed by atoms with Gasteiger partial charge < -0.3 is 9.47 Å². The standard InChI is InChI=1S/C17H21N3O2S/c1-18-11-15(2-3-16(18)21)12-19-5-7-20(8-6-19)17(22)10-14-4-9-23-13-14/h2-4,9,11,13H,5-8,10,12H2,1H3. The maximum atomic E-state index is 12.3. The van der Waals surface area contributed by atoms with Gasteiger partial charge in [0.05, 0.1) is 6.42 Å². The molecule has 0 radical (unpaired) electrons. The van der Waals surface area contributed by atoms with E-state index >= 15 is 0 Å². The predicted octanol–water partition coefficient (Wildman–Crippen LogP) is 1.33. The molecule has 2 aromatic heterocycles. The van der Waals surface area contributed by atoms with Crippen molar-refractivity contribution in [3.63, 3.8) is 0 Å². The van der Waals surface area contributed by atoms with E-state index in [0.717, 1.165) is 43.9 Å². The second kappa shape index (κ2) is 7.10. The molecule has 122 valence electrons. The van der Waals surface area contributed by atoms with Crippen LogP contribution in [-0.2, 0) is 24.8 Å². The molecule has 0 bridgehead atoms. The van der Waals surface area contributed by atoms with Crippen molar-refractivity contribution >= 4 is 17.2 Å². The number of nitrogens with zero attached hydrogens (tertiary/aromatic N) is 3. The molecule has 1 aliphatic heterocycles. The Morgan fingerprint density at radius 3 is 2.57 bits per heavy atom. The molecule has 0 aliphatic carbocycles. The van der Waals surface area contributed by atoms with Crippen LogP contribution in [0.15, 0.2) is 40.0 Å². The normalized spacial score (nSPS) is 15.8. The highest BCUT2D eigenvalue weighted by Crippen LogP contribution is 2.11. The van der Waals surface area contributed by atoms with Crippen LogP contribution in [0.4, 0.5) is 0 Å². The zero-order valence-electron chi connectivity index (χ0n) is 13.3. The van der Waals surface area contributed by atoms with Crippen molar-refractivity contribution in [1.29, 1.82) is 0 Å². The first kappa shape index (κ1) is 16.0. The molecule has 2 aromatic rings. The monoisotopic (exact) mass is 331 g/mol. The average molecular weight is 331 g/mol. The van der Waals surface area contributed by atoms with Crippen molar-refractivity contribution < 1.29 is 4.79 Å². The number of hydrogen-bond donors (Lipinski definition) is 0. The summed E-state index contributed by atoms with van der Waals surface area (Å²) in [5.41, 5.74) is 2.25. The average Bonchev–Trinajstić information content (AvgIpc) is 3.04. The summed E-state index contributed by atoms with van der Waals surface area (Å²) in [7, 11) is 1.77. The maximum absolute atomic E-state index is 12.3. The second-order valence-electron chi connectivity index (χ2n) is 5.95. The molecular weight excluding hydrogens is 310 g/mol. The molecule has 5 nitrogen and oxygen atoms in total. The van der Waals surface area contributed by atoms with E-state index in [1.807, 2.05) is 34.0 Å². The Hall–Kier alpha value is -1.92. The predicted molar refractivity (Wildman–Crippen MR) is 91.6 cm³/mol. The Morgan fingerprint density at radius 1 is 1.13 bits per heavy atom. The van der Waals surface area contributed by atoms with Gasteiger partial charge in [-0.25, -0.2) is 0 Å². The van der Waals surface area contributed by atoms with Crippen molar-refractivity contribution in [3.05, 3.63) is 56.6 Å². The van der Waals surface area contributed by atoms with E-state index in [9.17, 15) is 9.59 Å². The summed E-state index contributed by atoms with van der Waals surface area (Å²) in [6.45, 7) is 4.11. The number of thiophene rings is 1. The number of carbonyl (C=O) groups is 1. The van der Waals surface area contributed by atoms with Crippen LogP contribution >= 0.6 is 11.3 Å². The fourth-order valence-electron chi connectivity index (χ4n) is 2.84. The largest absolute Gasteiger partial charge is 0.340 e. The highest BCUT2D eigenvalue weighted by molar-refractivity contribution is 7.07. The Kier molecular flexibility index (Phi) is 4.93. The maximum Gasteiger partial charge on any atom is 0.250 e. The summed E-state index contributed by atoms with van der Waals surface area (Å²) >= 11 is 1.63. The van der Waals surface area contributed by atoms with Gasteiger partial charge in [-0.3, -0.25) is 14.5 Å². The van der Waals surface area contributed by atoms with Gasteiger partial charge >= 0.3 is 0 Å². The van der Waals surface area contributed by atoms with Crippen LogP contribution in [-0.4, -0.2) is 46.5 Å². The lowest BCUT2D eigenvalue weighted by Crippen LogP contribution is -2.48. The van der Waals surface area contributed by atoms with E-state index in [-0.39, 0.29) is 11.5 Å². The van der Waals surface area contributed by atoms with Crippen LogP contribution in [0.5, 0.6) is 0 Å². The molecule has 0 saturated carbocycles. The highest BCUT2D eigenvalue weighted by Gasteiger charge is 2.21. The number of aryl methyl sites for hydroxylation is 1. The Labute approximate surface area is 139 Å². The Bertz CT molecular complexity index is 716. The van der Waals surface area contributed by atoms with Crippen LogP contribution in [0.1, 0.15) is 11.1 Å². The third-order valence-corrected chi connectivity index (χ3v) is 4.95. The molecule has 1 fully saturated rings. The number of carbonyl (C=O) groups excluding carboxylic acids is 1. The Morgan fingerprint density at radius 2 is 1.91 bits per heavy atom. The molecule has 0 unspecified atom stereocenters. The van der Waals surface area contributed by atoms with Crippen molar-refractivity contribution in [2.45, 2.75) is 13.0 Å². The lowest BCUT2D eigenvalue weighted by Gasteiger charge is -2.34. The smallest absolute Gasteiger partial charge is 0.250 e. The van der Waals surface area contributed by atoms with E-state index < -0.39 is 0 Å². The fraction of sp³-hybridized carbons (Fsp3) is 0.412. The van der Waals surface area contributed by atoms with Crippen LogP contribution in [0.25, 0.3) is 0 Å². The molecule has 1 saturated heterocycles. The second-order valence-corrected chi connectivity index (χ2v) is 6.73. The van der Waals surface area contributed by atoms with E-state index in [1.165, 1.54) is 0 Å². The van der Waals surface area contributed by atoms with Crippen LogP contribution < -0.4 is 5.56 Å². The molecule has 23 heavy (non-hydrogen) atoms. The van der Waals surface area contributed by atoms with E-state index in [1.54, 1.807) is 29.0 Å². The molecule has 1 aliphatic rings. The van der Waals surface area contributed by atoms with Crippen molar-refractivity contribution in [1.82, 2.24) is 14.4 Å². The van der Waals surface area contributed by atoms with Gasteiger partial charge in [-0.15, -0.1) is 0 Å². The summed E-state index contributed by atoms with van der Waals surface area (Å²) in [6.07, 6.45) is 2.39. The summed E-state index contributed by atoms with van der Waals surface area (Å²) in [4.78, 5) is 28.0. The summed E-state index contributed by atoms with van der Waals surface area (Å²) < 4.78 is 1.61. The third-order valence-electron chi connectivity index (χ3n) is 4.21. The van der Waals surface area contributed by atoms with E-state index in [4.69, 9.17) is 0 Å². The zero-order valence-corrected chi connectivity index (χ0v) is 14.1. The van der Waals surface area contributed by atoms with Gasteiger partial charge in [0, 0.05) is 52.0 Å². The van der Waals surface area contributed by atoms with Crippen molar-refractivity contribution in [3.8, 4) is 0 Å². The van der Waals surface area contributed by atoms with Crippen molar-refractivity contribution in [2.75, 3.05) is 26.2 Å². The van der Waals surface area contributed by atoms with Gasteiger partial charge in [-0.2, -0.15) is 11.3 Å². The van der Waals surface area contributed by atoms with Gasteiger partial charge in [0.25, 0.3) is 0 Å². The lowest BCUT2D eigenvalue weighted by atomic mass is 10.2. The number of amides is 1. The minimum Gasteiger partial charge on any atom is -0.340 e. The minimum atomic E-state index is 0.0117. The first-order chi connectivity index (χ1) is 11.1. The number of aromatic nitrogens is 1. The molecule has 0 N–H and O–H groups in total. The quantitative estimate of drug-likeness (QED) is 0.849. The molecule has 3 rings (SSSR count). The lowest BCUT2D eigenvalue weighted by molar-refractivity contribution is -0.132. The molecule has 0 aromatic carbocycles.